The molecule has 0 aliphatic carbocycles. The SMILES string of the molecule is O=C(NCc1ccccc1)C1=CSCCO1. The number of carbonyl (C=O) groups excluding carboxylic acids is 1. The minimum absolute atomic E-state index is 0.143. The summed E-state index contributed by atoms with van der Waals surface area (Å²) in [7, 11) is 0. The molecule has 0 saturated heterocycles. The fourth-order valence-electron chi connectivity index (χ4n) is 1.35. The number of ether oxygens (including phenoxy) is 1. The molecule has 1 aliphatic heterocycles. The summed E-state index contributed by atoms with van der Waals surface area (Å²) >= 11 is 1.61. The van der Waals surface area contributed by atoms with Crippen LogP contribution in [0, 0.1) is 0 Å². The van der Waals surface area contributed by atoms with Gasteiger partial charge >= 0.3 is 0 Å². The predicted octanol–water partition coefficient (Wildman–Crippen LogP) is 1.91. The summed E-state index contributed by atoms with van der Waals surface area (Å²) in [5.74, 6) is 1.19. The Balaban J connectivity index is 1.86. The summed E-state index contributed by atoms with van der Waals surface area (Å²) in [6.07, 6.45) is 0. The molecule has 0 fully saturated rings. The number of rotatable bonds is 3. The van der Waals surface area contributed by atoms with Crippen molar-refractivity contribution in [1.82, 2.24) is 5.32 Å². The number of benzene rings is 1. The topological polar surface area (TPSA) is 38.3 Å². The predicted molar refractivity (Wildman–Crippen MR) is 64.8 cm³/mol. The highest BCUT2D eigenvalue weighted by atomic mass is 32.2. The summed E-state index contributed by atoms with van der Waals surface area (Å²) in [5.41, 5.74) is 1.08. The van der Waals surface area contributed by atoms with Crippen LogP contribution in [0.3, 0.4) is 0 Å². The number of hydrogen-bond acceptors (Lipinski definition) is 3. The molecule has 84 valence electrons. The Hall–Kier alpha value is -1.42. The van der Waals surface area contributed by atoms with Gasteiger partial charge in [-0.3, -0.25) is 4.79 Å². The van der Waals surface area contributed by atoms with Gasteiger partial charge in [0, 0.05) is 17.7 Å². The molecule has 1 aliphatic rings. The third-order valence-electron chi connectivity index (χ3n) is 2.17. The van der Waals surface area contributed by atoms with Crippen LogP contribution in [0.2, 0.25) is 0 Å². The molecule has 4 heteroatoms. The number of hydrogen-bond donors (Lipinski definition) is 1. The minimum atomic E-state index is -0.143. The maximum atomic E-state index is 11.7. The van der Waals surface area contributed by atoms with Crippen LogP contribution in [-0.2, 0) is 16.1 Å². The molecule has 16 heavy (non-hydrogen) atoms. The number of amides is 1. The van der Waals surface area contributed by atoms with Crippen molar-refractivity contribution in [3.8, 4) is 0 Å². The second-order valence-electron chi connectivity index (χ2n) is 3.37. The monoisotopic (exact) mass is 235 g/mol. The lowest BCUT2D eigenvalue weighted by Crippen LogP contribution is -2.26. The molecular weight excluding hydrogens is 222 g/mol. The van der Waals surface area contributed by atoms with Crippen LogP contribution >= 0.6 is 11.8 Å². The van der Waals surface area contributed by atoms with E-state index in [1.807, 2.05) is 30.3 Å². The van der Waals surface area contributed by atoms with Crippen molar-refractivity contribution < 1.29 is 9.53 Å². The van der Waals surface area contributed by atoms with Crippen LogP contribution in [0.15, 0.2) is 41.5 Å². The normalized spacial score (nSPS) is 14.9. The summed E-state index contributed by atoms with van der Waals surface area (Å²) < 4.78 is 5.26. The van der Waals surface area contributed by atoms with E-state index in [0.717, 1.165) is 11.3 Å². The lowest BCUT2D eigenvalue weighted by atomic mass is 10.2. The van der Waals surface area contributed by atoms with Gasteiger partial charge in [0.15, 0.2) is 5.76 Å². The van der Waals surface area contributed by atoms with Gasteiger partial charge < -0.3 is 10.1 Å². The van der Waals surface area contributed by atoms with E-state index in [-0.39, 0.29) is 5.91 Å². The molecule has 1 amide bonds. The molecule has 0 saturated carbocycles. The lowest BCUT2D eigenvalue weighted by Gasteiger charge is -2.14. The van der Waals surface area contributed by atoms with Crippen LogP contribution in [0.4, 0.5) is 0 Å². The Morgan fingerprint density at radius 2 is 2.19 bits per heavy atom. The van der Waals surface area contributed by atoms with E-state index in [4.69, 9.17) is 4.74 Å². The first-order chi connectivity index (χ1) is 7.86. The van der Waals surface area contributed by atoms with Crippen LogP contribution in [0.1, 0.15) is 5.56 Å². The standard InChI is InChI=1S/C12H13NO2S/c14-12(11-9-16-7-6-15-11)13-8-10-4-2-1-3-5-10/h1-5,9H,6-8H2,(H,13,14). The van der Waals surface area contributed by atoms with Gasteiger partial charge in [0.2, 0.25) is 0 Å². The minimum Gasteiger partial charge on any atom is -0.487 e. The summed E-state index contributed by atoms with van der Waals surface area (Å²) in [4.78, 5) is 11.7. The molecule has 1 aromatic rings. The zero-order valence-electron chi connectivity index (χ0n) is 8.81. The van der Waals surface area contributed by atoms with Gasteiger partial charge in [0.1, 0.15) is 0 Å². The van der Waals surface area contributed by atoms with E-state index >= 15 is 0 Å². The van der Waals surface area contributed by atoms with Gasteiger partial charge in [0.05, 0.1) is 6.61 Å². The maximum Gasteiger partial charge on any atom is 0.287 e. The fraction of sp³-hybridized carbons (Fsp3) is 0.250. The first-order valence-electron chi connectivity index (χ1n) is 5.13. The Kier molecular flexibility index (Phi) is 3.88. The van der Waals surface area contributed by atoms with E-state index in [0.29, 0.717) is 18.9 Å². The second-order valence-corrected chi connectivity index (χ2v) is 4.35. The van der Waals surface area contributed by atoms with E-state index in [1.54, 1.807) is 17.2 Å². The molecule has 0 atom stereocenters. The van der Waals surface area contributed by atoms with Crippen molar-refractivity contribution in [3.05, 3.63) is 47.1 Å². The molecule has 0 bridgehead atoms. The van der Waals surface area contributed by atoms with E-state index in [1.165, 1.54) is 0 Å². The van der Waals surface area contributed by atoms with Gasteiger partial charge in [-0.05, 0) is 5.56 Å². The second kappa shape index (κ2) is 5.61. The molecule has 0 spiro atoms. The fourth-order valence-corrected chi connectivity index (χ4v) is 1.98. The van der Waals surface area contributed by atoms with E-state index in [2.05, 4.69) is 5.32 Å². The quantitative estimate of drug-likeness (QED) is 0.869. The number of nitrogens with one attached hydrogen (secondary N) is 1. The number of thioether (sulfide) groups is 1. The zero-order valence-corrected chi connectivity index (χ0v) is 9.63. The Bertz CT molecular complexity index is 389. The molecule has 1 aromatic carbocycles. The zero-order chi connectivity index (χ0) is 11.2. The smallest absolute Gasteiger partial charge is 0.287 e. The average Bonchev–Trinajstić information content (AvgIpc) is 2.38. The van der Waals surface area contributed by atoms with Crippen LogP contribution in [-0.4, -0.2) is 18.3 Å². The van der Waals surface area contributed by atoms with Crippen LogP contribution < -0.4 is 5.32 Å². The third kappa shape index (κ3) is 3.03. The Morgan fingerprint density at radius 3 is 2.88 bits per heavy atom. The van der Waals surface area contributed by atoms with E-state index in [9.17, 15) is 4.79 Å². The van der Waals surface area contributed by atoms with Crippen molar-refractivity contribution >= 4 is 17.7 Å². The third-order valence-corrected chi connectivity index (χ3v) is 2.95. The maximum absolute atomic E-state index is 11.7. The molecule has 3 nitrogen and oxygen atoms in total. The van der Waals surface area contributed by atoms with Gasteiger partial charge in [0.25, 0.3) is 5.91 Å². The van der Waals surface area contributed by atoms with Crippen LogP contribution in [0.25, 0.3) is 0 Å². The Morgan fingerprint density at radius 1 is 1.38 bits per heavy atom. The van der Waals surface area contributed by atoms with Crippen molar-refractivity contribution in [1.29, 1.82) is 0 Å². The molecule has 1 heterocycles. The summed E-state index contributed by atoms with van der Waals surface area (Å²) in [6, 6.07) is 9.81. The Labute approximate surface area is 98.9 Å². The highest BCUT2D eigenvalue weighted by molar-refractivity contribution is 8.02. The van der Waals surface area contributed by atoms with Crippen molar-refractivity contribution in [2.24, 2.45) is 0 Å². The summed E-state index contributed by atoms with van der Waals surface area (Å²) in [6.45, 7) is 1.14. The molecule has 0 unspecified atom stereocenters. The number of carbonyl (C=O) groups is 1. The highest BCUT2D eigenvalue weighted by Gasteiger charge is 2.13. The first kappa shape index (κ1) is 11.1. The first-order valence-corrected chi connectivity index (χ1v) is 6.18. The molecule has 1 N–H and O–H groups in total. The highest BCUT2D eigenvalue weighted by Crippen LogP contribution is 2.14. The summed E-state index contributed by atoms with van der Waals surface area (Å²) in [5, 5.41) is 4.59. The van der Waals surface area contributed by atoms with Gasteiger partial charge in [-0.2, -0.15) is 0 Å². The molecular formula is C12H13NO2S. The average molecular weight is 235 g/mol. The van der Waals surface area contributed by atoms with Crippen LogP contribution in [0.5, 0.6) is 0 Å². The van der Waals surface area contributed by atoms with Gasteiger partial charge in [-0.15, -0.1) is 11.8 Å². The van der Waals surface area contributed by atoms with E-state index < -0.39 is 0 Å². The van der Waals surface area contributed by atoms with Crippen molar-refractivity contribution in [2.75, 3.05) is 12.4 Å². The van der Waals surface area contributed by atoms with Crippen molar-refractivity contribution in [2.45, 2.75) is 6.54 Å². The molecule has 0 aromatic heterocycles. The largest absolute Gasteiger partial charge is 0.487 e. The van der Waals surface area contributed by atoms with Gasteiger partial charge in [-0.25, -0.2) is 0 Å². The van der Waals surface area contributed by atoms with Crippen molar-refractivity contribution in [3.63, 3.8) is 0 Å². The van der Waals surface area contributed by atoms with Gasteiger partial charge in [-0.1, -0.05) is 30.3 Å². The molecule has 0 radical (unpaired) electrons. The molecule has 2 rings (SSSR count). The lowest BCUT2D eigenvalue weighted by molar-refractivity contribution is -0.121.